The molecule has 4 rings (SSSR count). The van der Waals surface area contributed by atoms with E-state index in [1.807, 2.05) is 43.3 Å². The van der Waals surface area contributed by atoms with Crippen molar-refractivity contribution in [1.82, 2.24) is 9.66 Å². The lowest BCUT2D eigenvalue weighted by molar-refractivity contribution is 0.338. The van der Waals surface area contributed by atoms with Gasteiger partial charge in [-0.05, 0) is 84.3 Å². The van der Waals surface area contributed by atoms with Crippen molar-refractivity contribution in [3.05, 3.63) is 66.2 Å². The van der Waals surface area contributed by atoms with E-state index in [1.54, 1.807) is 6.21 Å². The topological polar surface area (TPSA) is 56.5 Å². The maximum atomic E-state index is 13.3. The summed E-state index contributed by atoms with van der Waals surface area (Å²) >= 11 is 5.72. The van der Waals surface area contributed by atoms with Crippen molar-refractivity contribution >= 4 is 55.6 Å². The third-order valence-electron chi connectivity index (χ3n) is 5.38. The largest absolute Gasteiger partial charge is 0.493 e. The molecule has 1 aromatic heterocycles. The van der Waals surface area contributed by atoms with Crippen LogP contribution >= 0.6 is 38.5 Å². The Kier molecular flexibility index (Phi) is 6.87. The SMILES string of the molecule is CCOc1ccc(C=Nn2c(C3CCCCC3)nc3ccc(Br)cc3c2=O)cc1I. The first kappa shape index (κ1) is 21.5. The molecule has 2 aromatic carbocycles. The van der Waals surface area contributed by atoms with Crippen LogP contribution in [0.25, 0.3) is 10.9 Å². The molecule has 1 heterocycles. The number of rotatable bonds is 5. The van der Waals surface area contributed by atoms with Gasteiger partial charge in [0.15, 0.2) is 0 Å². The summed E-state index contributed by atoms with van der Waals surface area (Å²) in [4.78, 5) is 18.2. The highest BCUT2D eigenvalue weighted by Gasteiger charge is 2.22. The standard InChI is InChI=1S/C23H23BrIN3O2/c1-2-30-21-11-8-15(12-19(21)25)14-26-28-22(16-6-4-3-5-7-16)27-20-10-9-17(24)13-18(20)23(28)29/h8-14,16H,2-7H2,1H3. The average Bonchev–Trinajstić information content (AvgIpc) is 2.76. The fourth-order valence-electron chi connectivity index (χ4n) is 3.90. The number of benzene rings is 2. The highest BCUT2D eigenvalue weighted by atomic mass is 127. The van der Waals surface area contributed by atoms with Crippen LogP contribution < -0.4 is 10.3 Å². The van der Waals surface area contributed by atoms with Crippen molar-refractivity contribution in [3.63, 3.8) is 0 Å². The predicted molar refractivity (Wildman–Crippen MR) is 133 cm³/mol. The highest BCUT2D eigenvalue weighted by Crippen LogP contribution is 2.32. The number of fused-ring (bicyclic) bond motifs is 1. The van der Waals surface area contributed by atoms with Crippen LogP contribution in [0.3, 0.4) is 0 Å². The van der Waals surface area contributed by atoms with Crippen molar-refractivity contribution in [2.24, 2.45) is 5.10 Å². The Morgan fingerprint density at radius 3 is 2.77 bits per heavy atom. The second-order valence-corrected chi connectivity index (χ2v) is 9.53. The number of hydrogen-bond donors (Lipinski definition) is 0. The molecule has 1 saturated carbocycles. The van der Waals surface area contributed by atoms with Gasteiger partial charge in [-0.2, -0.15) is 9.78 Å². The number of nitrogens with zero attached hydrogens (tertiary/aromatic N) is 3. The summed E-state index contributed by atoms with van der Waals surface area (Å²) in [5.74, 6) is 1.89. The van der Waals surface area contributed by atoms with Gasteiger partial charge in [-0.1, -0.05) is 35.2 Å². The van der Waals surface area contributed by atoms with Crippen molar-refractivity contribution in [3.8, 4) is 5.75 Å². The minimum atomic E-state index is -0.126. The second kappa shape index (κ2) is 9.60. The summed E-state index contributed by atoms with van der Waals surface area (Å²) in [7, 11) is 0. The van der Waals surface area contributed by atoms with Gasteiger partial charge in [0.25, 0.3) is 5.56 Å². The zero-order valence-electron chi connectivity index (χ0n) is 16.8. The van der Waals surface area contributed by atoms with Gasteiger partial charge in [-0.25, -0.2) is 4.98 Å². The van der Waals surface area contributed by atoms with Gasteiger partial charge < -0.3 is 4.74 Å². The first-order valence-electron chi connectivity index (χ1n) is 10.3. The molecule has 0 atom stereocenters. The summed E-state index contributed by atoms with van der Waals surface area (Å²) in [5, 5.41) is 5.18. The Bertz CT molecular complexity index is 1150. The quantitative estimate of drug-likeness (QED) is 0.271. The summed E-state index contributed by atoms with van der Waals surface area (Å²) in [6.45, 7) is 2.59. The Morgan fingerprint density at radius 1 is 1.23 bits per heavy atom. The van der Waals surface area contributed by atoms with Gasteiger partial charge >= 0.3 is 0 Å². The normalized spacial score (nSPS) is 15.2. The molecular formula is C23H23BrIN3O2. The number of aromatic nitrogens is 2. The molecule has 1 fully saturated rings. The first-order valence-corrected chi connectivity index (χ1v) is 12.1. The summed E-state index contributed by atoms with van der Waals surface area (Å²) in [5.41, 5.74) is 1.52. The van der Waals surface area contributed by atoms with Crippen LogP contribution in [-0.4, -0.2) is 22.5 Å². The Morgan fingerprint density at radius 2 is 2.03 bits per heavy atom. The van der Waals surface area contributed by atoms with Crippen LogP contribution in [0.2, 0.25) is 0 Å². The summed E-state index contributed by atoms with van der Waals surface area (Å²) in [6, 6.07) is 11.5. The van der Waals surface area contributed by atoms with Crippen molar-refractivity contribution in [1.29, 1.82) is 0 Å². The molecule has 156 valence electrons. The molecular weight excluding hydrogens is 557 g/mol. The van der Waals surface area contributed by atoms with E-state index in [1.165, 1.54) is 23.9 Å². The molecule has 0 radical (unpaired) electrons. The van der Waals surface area contributed by atoms with Crippen molar-refractivity contribution in [2.75, 3.05) is 6.61 Å². The lowest BCUT2D eigenvalue weighted by Gasteiger charge is -2.22. The Balaban J connectivity index is 1.79. The van der Waals surface area contributed by atoms with E-state index < -0.39 is 0 Å². The van der Waals surface area contributed by atoms with Gasteiger partial charge in [0.1, 0.15) is 11.6 Å². The number of ether oxygens (including phenoxy) is 1. The van der Waals surface area contributed by atoms with Crippen molar-refractivity contribution < 1.29 is 4.74 Å². The van der Waals surface area contributed by atoms with Gasteiger partial charge in [0, 0.05) is 10.4 Å². The molecule has 0 unspecified atom stereocenters. The van der Waals surface area contributed by atoms with E-state index in [2.05, 4.69) is 43.6 Å². The molecule has 30 heavy (non-hydrogen) atoms. The smallest absolute Gasteiger partial charge is 0.282 e. The van der Waals surface area contributed by atoms with E-state index in [0.717, 1.165) is 43.5 Å². The molecule has 0 amide bonds. The monoisotopic (exact) mass is 579 g/mol. The highest BCUT2D eigenvalue weighted by molar-refractivity contribution is 14.1. The number of halogens is 2. The van der Waals surface area contributed by atoms with Crippen LogP contribution in [0.5, 0.6) is 5.75 Å². The van der Waals surface area contributed by atoms with E-state index in [9.17, 15) is 4.79 Å². The third-order valence-corrected chi connectivity index (χ3v) is 6.72. The fraction of sp³-hybridized carbons (Fsp3) is 0.348. The fourth-order valence-corrected chi connectivity index (χ4v) is 4.95. The van der Waals surface area contributed by atoms with Crippen LogP contribution in [-0.2, 0) is 0 Å². The van der Waals surface area contributed by atoms with Gasteiger partial charge in [0.2, 0.25) is 0 Å². The number of hydrogen-bond acceptors (Lipinski definition) is 4. The van der Waals surface area contributed by atoms with E-state index in [-0.39, 0.29) is 11.5 Å². The van der Waals surface area contributed by atoms with Crippen LogP contribution in [0.1, 0.15) is 56.3 Å². The molecule has 3 aromatic rings. The molecule has 0 aliphatic heterocycles. The lowest BCUT2D eigenvalue weighted by atomic mass is 9.88. The average molecular weight is 580 g/mol. The van der Waals surface area contributed by atoms with Gasteiger partial charge in [-0.15, -0.1) is 0 Å². The van der Waals surface area contributed by atoms with Crippen LogP contribution in [0, 0.1) is 3.57 Å². The van der Waals surface area contributed by atoms with Crippen molar-refractivity contribution in [2.45, 2.75) is 44.9 Å². The molecule has 1 aliphatic rings. The Hall–Kier alpha value is -1.74. The summed E-state index contributed by atoms with van der Waals surface area (Å²) < 4.78 is 8.99. The molecule has 0 spiro atoms. The Labute approximate surface area is 197 Å². The maximum absolute atomic E-state index is 13.3. The van der Waals surface area contributed by atoms with Crippen LogP contribution in [0.15, 0.2) is 50.8 Å². The third kappa shape index (κ3) is 4.61. The molecule has 5 nitrogen and oxygen atoms in total. The minimum absolute atomic E-state index is 0.126. The lowest BCUT2D eigenvalue weighted by Crippen LogP contribution is -2.25. The molecule has 7 heteroatoms. The molecule has 0 N–H and O–H groups in total. The van der Waals surface area contributed by atoms with Crippen LogP contribution in [0.4, 0.5) is 0 Å². The zero-order valence-corrected chi connectivity index (χ0v) is 20.5. The maximum Gasteiger partial charge on any atom is 0.282 e. The van der Waals surface area contributed by atoms with E-state index in [0.29, 0.717) is 12.0 Å². The second-order valence-electron chi connectivity index (χ2n) is 7.45. The minimum Gasteiger partial charge on any atom is -0.493 e. The van der Waals surface area contributed by atoms with Gasteiger partial charge in [0.05, 0.1) is 27.3 Å². The van der Waals surface area contributed by atoms with E-state index in [4.69, 9.17) is 9.72 Å². The predicted octanol–water partition coefficient (Wildman–Crippen LogP) is 6.09. The molecule has 0 saturated heterocycles. The zero-order chi connectivity index (χ0) is 21.1. The first-order chi connectivity index (χ1) is 14.6. The van der Waals surface area contributed by atoms with Gasteiger partial charge in [-0.3, -0.25) is 4.79 Å². The van der Waals surface area contributed by atoms with E-state index >= 15 is 0 Å². The summed E-state index contributed by atoms with van der Waals surface area (Å²) in [6.07, 6.45) is 7.40. The molecule has 0 bridgehead atoms. The molecule has 1 aliphatic carbocycles.